The van der Waals surface area contributed by atoms with E-state index in [1.807, 2.05) is 0 Å². The van der Waals surface area contributed by atoms with E-state index in [4.69, 9.17) is 4.42 Å². The maximum Gasteiger partial charge on any atom is 0.160 e. The Hall–Kier alpha value is -10.4. The molecule has 12 aromatic carbocycles. The Labute approximate surface area is 481 Å². The van der Waals surface area contributed by atoms with Crippen LogP contribution in [-0.4, -0.2) is 9.13 Å². The van der Waals surface area contributed by atoms with Gasteiger partial charge in [0.15, 0.2) is 5.58 Å². The fourth-order valence-electron chi connectivity index (χ4n) is 14.5. The highest BCUT2D eigenvalue weighted by Crippen LogP contribution is 2.61. The zero-order valence-corrected chi connectivity index (χ0v) is 46.6. The first-order valence-corrected chi connectivity index (χ1v) is 28.9. The van der Waals surface area contributed by atoms with E-state index in [1.165, 1.54) is 82.6 Å². The number of hydrogen-bond acceptors (Lipinski definition) is 3. The van der Waals surface area contributed by atoms with Crippen molar-refractivity contribution in [1.29, 1.82) is 0 Å². The molecule has 83 heavy (non-hydrogen) atoms. The van der Waals surface area contributed by atoms with Crippen LogP contribution in [0.5, 0.6) is 0 Å². The summed E-state index contributed by atoms with van der Waals surface area (Å²) >= 11 is 0. The SMILES string of the molecule is CC1(C)c2cc(N(c3ccccc3)c3ccc4c(c3)c3ccccc3n4-c3ccccc3)ccc2-c2cc3c(cc21)C(C)(C)c1cc(N(c2ccccc2)c2ccc4c(c2)c2ccccc2n4-c2ccccc2)c2oc4ccccc4c2c1-3. The molecule has 17 rings (SSSR count). The lowest BCUT2D eigenvalue weighted by molar-refractivity contribution is 0.639. The smallest absolute Gasteiger partial charge is 0.160 e. The third kappa shape index (κ3) is 6.82. The largest absolute Gasteiger partial charge is 0.454 e. The lowest BCUT2D eigenvalue weighted by Gasteiger charge is -2.29. The first-order valence-electron chi connectivity index (χ1n) is 28.9. The molecule has 0 bridgehead atoms. The highest BCUT2D eigenvalue weighted by molar-refractivity contribution is 6.20. The van der Waals surface area contributed by atoms with Crippen LogP contribution in [-0.2, 0) is 10.8 Å². The van der Waals surface area contributed by atoms with Crippen LogP contribution in [0.1, 0.15) is 49.9 Å². The molecule has 0 N–H and O–H groups in total. The van der Waals surface area contributed by atoms with E-state index in [1.54, 1.807) is 0 Å². The maximum absolute atomic E-state index is 7.24. The first-order chi connectivity index (χ1) is 40.7. The lowest BCUT2D eigenvalue weighted by atomic mass is 9.77. The standard InChI is InChI=1S/C78H56N4O/c1-77(2)64-45-55(79(49-23-9-5-10-24-49)53-38-41-70-61(43-53)57-31-17-20-34-68(57)81(70)51-27-13-7-14-28-51)37-40-56(64)60-46-63-66(47-65(60)77)78(3,4)67-48-72(76-75(74(63)67)59-33-19-22-36-73(59)83-76)80(50-25-11-6-12-26-50)54-39-42-71-62(44-54)58-32-18-21-35-69(58)82(71)52-29-15-8-16-30-52/h5-48H,1-4H3. The number of fused-ring (bicyclic) bond motifs is 16. The van der Waals surface area contributed by atoms with Crippen molar-refractivity contribution < 1.29 is 4.42 Å². The van der Waals surface area contributed by atoms with Crippen molar-refractivity contribution in [3.8, 4) is 33.6 Å². The summed E-state index contributed by atoms with van der Waals surface area (Å²) in [6.45, 7) is 9.70. The normalized spacial score (nSPS) is 13.7. The van der Waals surface area contributed by atoms with Gasteiger partial charge >= 0.3 is 0 Å². The van der Waals surface area contributed by atoms with Crippen LogP contribution in [0.25, 0.3) is 99.2 Å². The molecule has 15 aromatic rings. The van der Waals surface area contributed by atoms with E-state index in [-0.39, 0.29) is 10.8 Å². The second-order valence-electron chi connectivity index (χ2n) is 23.7. The van der Waals surface area contributed by atoms with Gasteiger partial charge in [-0.3, -0.25) is 0 Å². The van der Waals surface area contributed by atoms with Gasteiger partial charge in [-0.2, -0.15) is 0 Å². The Bertz CT molecular complexity index is 5140. The number of furan rings is 1. The molecule has 0 fully saturated rings. The molecule has 0 aliphatic heterocycles. The molecule has 3 heterocycles. The lowest BCUT2D eigenvalue weighted by Crippen LogP contribution is -2.19. The Kier molecular flexibility index (Phi) is 10.0. The molecule has 5 heteroatoms. The third-order valence-electron chi connectivity index (χ3n) is 18.4. The molecule has 5 nitrogen and oxygen atoms in total. The van der Waals surface area contributed by atoms with Gasteiger partial charge in [0.2, 0.25) is 0 Å². The highest BCUT2D eigenvalue weighted by atomic mass is 16.3. The molecule has 0 amide bonds. The quantitative estimate of drug-likeness (QED) is 0.152. The minimum absolute atomic E-state index is 0.300. The fourth-order valence-corrected chi connectivity index (χ4v) is 14.5. The molecular formula is C78H56N4O. The summed E-state index contributed by atoms with van der Waals surface area (Å²) in [5.41, 5.74) is 25.0. The van der Waals surface area contributed by atoms with Crippen LogP contribution in [0.3, 0.4) is 0 Å². The highest BCUT2D eigenvalue weighted by Gasteiger charge is 2.44. The van der Waals surface area contributed by atoms with Crippen molar-refractivity contribution in [2.45, 2.75) is 38.5 Å². The van der Waals surface area contributed by atoms with Gasteiger partial charge in [0.05, 0.1) is 27.8 Å². The van der Waals surface area contributed by atoms with Crippen molar-refractivity contribution in [2.24, 2.45) is 0 Å². The average Bonchev–Trinajstić information content (AvgIpc) is 1.95. The Morgan fingerprint density at radius 1 is 0.313 bits per heavy atom. The predicted molar refractivity (Wildman–Crippen MR) is 347 cm³/mol. The molecule has 0 spiro atoms. The first kappa shape index (κ1) is 47.4. The number of anilines is 6. The summed E-state index contributed by atoms with van der Waals surface area (Å²) in [7, 11) is 0. The average molecular weight is 1070 g/mol. The number of hydrogen-bond donors (Lipinski definition) is 0. The minimum Gasteiger partial charge on any atom is -0.454 e. The molecule has 0 unspecified atom stereocenters. The second-order valence-corrected chi connectivity index (χ2v) is 23.7. The van der Waals surface area contributed by atoms with E-state index in [2.05, 4.69) is 314 Å². The second kappa shape index (κ2) is 17.6. The molecule has 0 saturated heterocycles. The van der Waals surface area contributed by atoms with Gasteiger partial charge in [-0.15, -0.1) is 0 Å². The van der Waals surface area contributed by atoms with E-state index >= 15 is 0 Å². The van der Waals surface area contributed by atoms with Crippen molar-refractivity contribution in [2.75, 3.05) is 9.80 Å². The molecule has 2 aliphatic carbocycles. The molecule has 0 atom stereocenters. The van der Waals surface area contributed by atoms with Crippen LogP contribution in [0.15, 0.2) is 271 Å². The van der Waals surface area contributed by atoms with E-state index in [9.17, 15) is 0 Å². The van der Waals surface area contributed by atoms with Gasteiger partial charge in [0, 0.05) is 83.0 Å². The molecule has 2 aliphatic rings. The fraction of sp³-hybridized carbons (Fsp3) is 0.0769. The summed E-state index contributed by atoms with van der Waals surface area (Å²) < 4.78 is 12.0. The monoisotopic (exact) mass is 1060 g/mol. The van der Waals surface area contributed by atoms with Gasteiger partial charge in [-0.25, -0.2) is 0 Å². The minimum atomic E-state index is -0.362. The van der Waals surface area contributed by atoms with Gasteiger partial charge in [0.25, 0.3) is 0 Å². The topological polar surface area (TPSA) is 29.5 Å². The van der Waals surface area contributed by atoms with Crippen LogP contribution < -0.4 is 9.80 Å². The molecule has 3 aromatic heterocycles. The summed E-state index contributed by atoms with van der Waals surface area (Å²) in [5.74, 6) is 0. The number of rotatable bonds is 8. The number of nitrogens with zero attached hydrogens (tertiary/aromatic N) is 4. The Balaban J connectivity index is 0.836. The van der Waals surface area contributed by atoms with E-state index in [0.29, 0.717) is 0 Å². The van der Waals surface area contributed by atoms with Crippen molar-refractivity contribution in [1.82, 2.24) is 9.13 Å². The van der Waals surface area contributed by atoms with Crippen molar-refractivity contribution in [3.05, 3.63) is 289 Å². The van der Waals surface area contributed by atoms with E-state index < -0.39 is 0 Å². The summed E-state index contributed by atoms with van der Waals surface area (Å²) in [5, 5.41) is 7.13. The van der Waals surface area contributed by atoms with Gasteiger partial charge in [-0.05, 0) is 172 Å². The Morgan fingerprint density at radius 2 is 0.759 bits per heavy atom. The van der Waals surface area contributed by atoms with Gasteiger partial charge < -0.3 is 23.4 Å². The molecule has 0 radical (unpaired) electrons. The zero-order valence-electron chi connectivity index (χ0n) is 46.6. The van der Waals surface area contributed by atoms with Gasteiger partial charge in [-0.1, -0.05) is 167 Å². The van der Waals surface area contributed by atoms with Crippen molar-refractivity contribution >= 4 is 99.7 Å². The summed E-state index contributed by atoms with van der Waals surface area (Å²) in [4.78, 5) is 4.86. The maximum atomic E-state index is 7.24. The molecule has 394 valence electrons. The number of benzene rings is 12. The van der Waals surface area contributed by atoms with E-state index in [0.717, 1.165) is 73.0 Å². The van der Waals surface area contributed by atoms with Crippen LogP contribution in [0.2, 0.25) is 0 Å². The molecular weight excluding hydrogens is 1010 g/mol. The van der Waals surface area contributed by atoms with Crippen LogP contribution in [0.4, 0.5) is 34.1 Å². The summed E-state index contributed by atoms with van der Waals surface area (Å²) in [6.07, 6.45) is 0. The molecule has 0 saturated carbocycles. The zero-order chi connectivity index (χ0) is 55.3. The third-order valence-corrected chi connectivity index (χ3v) is 18.4. The van der Waals surface area contributed by atoms with Gasteiger partial charge in [0.1, 0.15) is 5.58 Å². The number of para-hydroxylation sites is 7. The Morgan fingerprint density at radius 3 is 1.36 bits per heavy atom. The number of aromatic nitrogens is 2. The van der Waals surface area contributed by atoms with Crippen LogP contribution >= 0.6 is 0 Å². The predicted octanol–water partition coefficient (Wildman–Crippen LogP) is 21.3. The van der Waals surface area contributed by atoms with Crippen molar-refractivity contribution in [3.63, 3.8) is 0 Å². The summed E-state index contributed by atoms with van der Waals surface area (Å²) in [6, 6.07) is 97.9. The van der Waals surface area contributed by atoms with Crippen LogP contribution in [0, 0.1) is 0 Å².